The summed E-state index contributed by atoms with van der Waals surface area (Å²) >= 11 is 0. The third kappa shape index (κ3) is 8.35. The number of nitrogens with one attached hydrogen (secondary N) is 1. The average Bonchev–Trinajstić information content (AvgIpc) is 1.89. The molecule has 3 heteroatoms. The van der Waals surface area contributed by atoms with Gasteiger partial charge in [-0.2, -0.15) is 0 Å². The predicted molar refractivity (Wildman–Crippen MR) is 45.1 cm³/mol. The minimum Gasteiger partial charge on any atom is -0.271 e. The second-order valence-electron chi connectivity index (χ2n) is 2.06. The van der Waals surface area contributed by atoms with Crippen LogP contribution in [0.3, 0.4) is 0 Å². The molecule has 56 valence electrons. The van der Waals surface area contributed by atoms with Crippen molar-refractivity contribution in [2.45, 2.75) is 19.8 Å². The fourth-order valence-electron chi connectivity index (χ4n) is 0.617. The quantitative estimate of drug-likeness (QED) is 0.254. The van der Waals surface area contributed by atoms with Crippen LogP contribution in [0.5, 0.6) is 0 Å². The van der Waals surface area contributed by atoms with Gasteiger partial charge < -0.3 is 0 Å². The topological polar surface area (TPSA) is 38.0 Å². The third-order valence-electron chi connectivity index (χ3n) is 1.10. The molecule has 1 unspecified atom stereocenters. The summed E-state index contributed by atoms with van der Waals surface area (Å²) in [4.78, 5) is 0. The maximum absolute atomic E-state index is 5.10. The Balaban J connectivity index is 2.60. The fourth-order valence-corrected chi connectivity index (χ4v) is 1.65. The van der Waals surface area contributed by atoms with Gasteiger partial charge >= 0.3 is 0 Å². The van der Waals surface area contributed by atoms with E-state index in [-0.39, 0.29) is 0 Å². The summed E-state index contributed by atoms with van der Waals surface area (Å²) in [5.41, 5.74) is 2.65. The summed E-state index contributed by atoms with van der Waals surface area (Å²) in [6.07, 6.45) is 5.30. The SMILES string of the molecule is CCCPCCCNN. The molecule has 9 heavy (non-hydrogen) atoms. The molecule has 0 aliphatic rings. The van der Waals surface area contributed by atoms with Gasteiger partial charge in [0.2, 0.25) is 0 Å². The molecule has 0 aromatic carbocycles. The Morgan fingerprint density at radius 2 is 2.22 bits per heavy atom. The van der Waals surface area contributed by atoms with E-state index < -0.39 is 0 Å². The van der Waals surface area contributed by atoms with E-state index in [1.54, 1.807) is 0 Å². The molecule has 0 spiro atoms. The first-order valence-corrected chi connectivity index (χ1v) is 4.97. The molecule has 1 atom stereocenters. The van der Waals surface area contributed by atoms with Gasteiger partial charge in [0.05, 0.1) is 0 Å². The van der Waals surface area contributed by atoms with Gasteiger partial charge in [0.1, 0.15) is 0 Å². The third-order valence-corrected chi connectivity index (χ3v) is 2.66. The van der Waals surface area contributed by atoms with Gasteiger partial charge in [-0.05, 0) is 18.7 Å². The lowest BCUT2D eigenvalue weighted by Gasteiger charge is -1.97. The van der Waals surface area contributed by atoms with Crippen molar-refractivity contribution in [3.05, 3.63) is 0 Å². The molecule has 2 nitrogen and oxygen atoms in total. The normalized spacial score (nSPS) is 11.3. The molecule has 0 rings (SSSR count). The van der Waals surface area contributed by atoms with Crippen LogP contribution in [0.2, 0.25) is 0 Å². The molecule has 0 saturated carbocycles. The fraction of sp³-hybridized carbons (Fsp3) is 1.00. The molecular formula is C6H17N2P. The van der Waals surface area contributed by atoms with E-state index >= 15 is 0 Å². The van der Waals surface area contributed by atoms with Crippen molar-refractivity contribution < 1.29 is 0 Å². The van der Waals surface area contributed by atoms with Crippen LogP contribution in [0.4, 0.5) is 0 Å². The molecule has 0 aromatic rings. The molecule has 0 saturated heterocycles. The number of hydrazine groups is 1. The molecule has 0 radical (unpaired) electrons. The molecule has 0 aliphatic carbocycles. The molecule has 0 fully saturated rings. The van der Waals surface area contributed by atoms with E-state index in [9.17, 15) is 0 Å². The molecule has 3 N–H and O–H groups in total. The largest absolute Gasteiger partial charge is 0.271 e. The Kier molecular flexibility index (Phi) is 8.67. The monoisotopic (exact) mass is 148 g/mol. The summed E-state index contributed by atoms with van der Waals surface area (Å²) in [7, 11) is 1.15. The smallest absolute Gasteiger partial charge is 0.0101 e. The lowest BCUT2D eigenvalue weighted by molar-refractivity contribution is 0.717. The van der Waals surface area contributed by atoms with Crippen LogP contribution in [-0.4, -0.2) is 18.9 Å². The van der Waals surface area contributed by atoms with Gasteiger partial charge in [-0.15, -0.1) is 8.58 Å². The van der Waals surface area contributed by atoms with Crippen LogP contribution in [0.25, 0.3) is 0 Å². The van der Waals surface area contributed by atoms with Crippen LogP contribution in [0.15, 0.2) is 0 Å². The maximum atomic E-state index is 5.10. The minimum atomic E-state index is 0.969. The summed E-state index contributed by atoms with van der Waals surface area (Å²) in [6.45, 7) is 3.20. The van der Waals surface area contributed by atoms with Crippen molar-refractivity contribution in [2.75, 3.05) is 18.9 Å². The first-order valence-electron chi connectivity index (χ1n) is 3.56. The second kappa shape index (κ2) is 8.35. The zero-order valence-corrected chi connectivity index (χ0v) is 7.11. The number of nitrogens with two attached hydrogens (primary N) is 1. The van der Waals surface area contributed by atoms with Crippen molar-refractivity contribution >= 4 is 8.58 Å². The maximum Gasteiger partial charge on any atom is 0.0101 e. The van der Waals surface area contributed by atoms with Crippen molar-refractivity contribution in [1.82, 2.24) is 5.43 Å². The standard InChI is InChI=1S/C6H17N2P/c1-2-5-9-6-3-4-8-7/h8-9H,2-7H2,1H3. The molecule has 0 bridgehead atoms. The van der Waals surface area contributed by atoms with E-state index in [1.165, 1.54) is 25.2 Å². The van der Waals surface area contributed by atoms with Gasteiger partial charge in [0, 0.05) is 6.54 Å². The summed E-state index contributed by atoms with van der Waals surface area (Å²) in [5.74, 6) is 5.10. The highest BCUT2D eigenvalue weighted by Crippen LogP contribution is 2.11. The average molecular weight is 148 g/mol. The van der Waals surface area contributed by atoms with Crippen molar-refractivity contribution in [3.8, 4) is 0 Å². The minimum absolute atomic E-state index is 0.969. The number of hydrogen-bond acceptors (Lipinski definition) is 2. The number of hydrogen-bond donors (Lipinski definition) is 2. The van der Waals surface area contributed by atoms with Crippen molar-refractivity contribution in [1.29, 1.82) is 0 Å². The van der Waals surface area contributed by atoms with E-state index in [0.29, 0.717) is 0 Å². The van der Waals surface area contributed by atoms with Crippen LogP contribution in [-0.2, 0) is 0 Å². The molecular weight excluding hydrogens is 131 g/mol. The zero-order valence-electron chi connectivity index (χ0n) is 6.11. The Bertz CT molecular complexity index is 44.3. The van der Waals surface area contributed by atoms with Crippen LogP contribution < -0.4 is 11.3 Å². The van der Waals surface area contributed by atoms with Gasteiger partial charge in [0.25, 0.3) is 0 Å². The Morgan fingerprint density at radius 3 is 2.78 bits per heavy atom. The Labute approximate surface area is 59.3 Å². The molecule has 0 amide bonds. The first-order chi connectivity index (χ1) is 4.41. The molecule has 0 heterocycles. The highest BCUT2D eigenvalue weighted by atomic mass is 31.1. The summed E-state index contributed by atoms with van der Waals surface area (Å²) < 4.78 is 0. The van der Waals surface area contributed by atoms with E-state index in [2.05, 4.69) is 12.3 Å². The van der Waals surface area contributed by atoms with Crippen molar-refractivity contribution in [2.24, 2.45) is 5.84 Å². The van der Waals surface area contributed by atoms with Gasteiger partial charge in [-0.3, -0.25) is 11.3 Å². The highest BCUT2D eigenvalue weighted by molar-refractivity contribution is 7.37. The van der Waals surface area contributed by atoms with Gasteiger partial charge in [-0.1, -0.05) is 13.3 Å². The van der Waals surface area contributed by atoms with Gasteiger partial charge in [0.15, 0.2) is 0 Å². The summed E-state index contributed by atoms with van der Waals surface area (Å²) in [5, 5.41) is 0. The van der Waals surface area contributed by atoms with Gasteiger partial charge in [-0.25, -0.2) is 0 Å². The van der Waals surface area contributed by atoms with E-state index in [1.807, 2.05) is 0 Å². The van der Waals surface area contributed by atoms with Crippen LogP contribution in [0, 0.1) is 0 Å². The molecule has 0 aliphatic heterocycles. The zero-order chi connectivity index (χ0) is 6.95. The Morgan fingerprint density at radius 1 is 1.44 bits per heavy atom. The van der Waals surface area contributed by atoms with Crippen LogP contribution in [0.1, 0.15) is 19.8 Å². The predicted octanol–water partition coefficient (Wildman–Crippen LogP) is 0.928. The lowest BCUT2D eigenvalue weighted by atomic mass is 10.5. The van der Waals surface area contributed by atoms with E-state index in [0.717, 1.165) is 15.1 Å². The Hall–Kier alpha value is 0.350. The highest BCUT2D eigenvalue weighted by Gasteiger charge is 1.84. The van der Waals surface area contributed by atoms with Crippen LogP contribution >= 0.6 is 8.58 Å². The van der Waals surface area contributed by atoms with Crippen molar-refractivity contribution in [3.63, 3.8) is 0 Å². The molecule has 0 aromatic heterocycles. The number of rotatable bonds is 6. The van der Waals surface area contributed by atoms with E-state index in [4.69, 9.17) is 5.84 Å². The second-order valence-corrected chi connectivity index (χ2v) is 3.56. The lowest BCUT2D eigenvalue weighted by Crippen LogP contribution is -2.23. The summed E-state index contributed by atoms with van der Waals surface area (Å²) in [6, 6.07) is 0. The first kappa shape index (κ1) is 9.35.